The van der Waals surface area contributed by atoms with Crippen LogP contribution >= 0.6 is 0 Å². The third kappa shape index (κ3) is 3.02. The third-order valence-corrected chi connectivity index (χ3v) is 3.65. The fourth-order valence-electron chi connectivity index (χ4n) is 2.62. The summed E-state index contributed by atoms with van der Waals surface area (Å²) >= 11 is 0. The van der Waals surface area contributed by atoms with E-state index in [9.17, 15) is 9.90 Å². The molecule has 2 fully saturated rings. The standard InChI is InChI=1S/C12H21NO2/c14-9-8-13(11-4-5-11)10-12(15)6-2-1-3-7-12/h9,11,15H,1-8,10H2. The second kappa shape index (κ2) is 4.62. The largest absolute Gasteiger partial charge is 0.389 e. The zero-order valence-electron chi connectivity index (χ0n) is 9.32. The van der Waals surface area contributed by atoms with Crippen LogP contribution in [-0.2, 0) is 4.79 Å². The second-order valence-corrected chi connectivity index (χ2v) is 5.11. The summed E-state index contributed by atoms with van der Waals surface area (Å²) in [6, 6.07) is 0.571. The molecule has 0 amide bonds. The molecule has 0 bridgehead atoms. The number of rotatable bonds is 5. The molecule has 0 heterocycles. The Kier molecular flexibility index (Phi) is 3.42. The number of hydrogen-bond donors (Lipinski definition) is 1. The number of nitrogens with zero attached hydrogens (tertiary/aromatic N) is 1. The molecular weight excluding hydrogens is 190 g/mol. The van der Waals surface area contributed by atoms with Crippen molar-refractivity contribution in [2.45, 2.75) is 56.6 Å². The molecule has 15 heavy (non-hydrogen) atoms. The zero-order valence-corrected chi connectivity index (χ0v) is 9.32. The lowest BCUT2D eigenvalue weighted by Crippen LogP contribution is -2.45. The van der Waals surface area contributed by atoms with Crippen LogP contribution in [0.3, 0.4) is 0 Å². The van der Waals surface area contributed by atoms with Crippen molar-refractivity contribution in [3.63, 3.8) is 0 Å². The highest BCUT2D eigenvalue weighted by atomic mass is 16.3. The fraction of sp³-hybridized carbons (Fsp3) is 0.917. The lowest BCUT2D eigenvalue weighted by Gasteiger charge is -2.36. The molecule has 2 rings (SSSR count). The molecule has 2 aliphatic rings. The van der Waals surface area contributed by atoms with E-state index in [1.165, 1.54) is 19.3 Å². The van der Waals surface area contributed by atoms with Crippen LogP contribution < -0.4 is 0 Å². The average Bonchev–Trinajstić information content (AvgIpc) is 3.01. The van der Waals surface area contributed by atoms with Gasteiger partial charge in [0.15, 0.2) is 0 Å². The molecular formula is C12H21NO2. The molecule has 3 heteroatoms. The molecule has 0 radical (unpaired) electrons. The molecule has 0 aliphatic heterocycles. The summed E-state index contributed by atoms with van der Waals surface area (Å²) in [6.45, 7) is 1.20. The molecule has 2 aliphatic carbocycles. The first-order valence-electron chi connectivity index (χ1n) is 6.14. The molecule has 0 aromatic rings. The maximum absolute atomic E-state index is 10.6. The molecule has 0 atom stereocenters. The van der Waals surface area contributed by atoms with Crippen LogP contribution in [0.1, 0.15) is 44.9 Å². The van der Waals surface area contributed by atoms with Crippen molar-refractivity contribution in [3.05, 3.63) is 0 Å². The van der Waals surface area contributed by atoms with E-state index < -0.39 is 5.60 Å². The van der Waals surface area contributed by atoms with E-state index in [-0.39, 0.29) is 0 Å². The SMILES string of the molecule is O=CCN(CC1(O)CCCCC1)C1CC1. The van der Waals surface area contributed by atoms with E-state index in [0.717, 1.165) is 32.0 Å². The minimum absolute atomic E-state index is 0.493. The predicted molar refractivity (Wildman–Crippen MR) is 58.7 cm³/mol. The Morgan fingerprint density at radius 3 is 2.47 bits per heavy atom. The Balaban J connectivity index is 1.88. The van der Waals surface area contributed by atoms with Crippen LogP contribution in [0.2, 0.25) is 0 Å². The summed E-state index contributed by atoms with van der Waals surface area (Å²) in [7, 11) is 0. The fourth-order valence-corrected chi connectivity index (χ4v) is 2.62. The average molecular weight is 211 g/mol. The molecule has 0 aromatic heterocycles. The van der Waals surface area contributed by atoms with Gasteiger partial charge >= 0.3 is 0 Å². The molecule has 86 valence electrons. The van der Waals surface area contributed by atoms with Crippen molar-refractivity contribution in [2.24, 2.45) is 0 Å². The van der Waals surface area contributed by atoms with E-state index in [2.05, 4.69) is 4.90 Å². The first-order valence-corrected chi connectivity index (χ1v) is 6.14. The Hall–Kier alpha value is -0.410. The Bertz CT molecular complexity index is 220. The third-order valence-electron chi connectivity index (χ3n) is 3.65. The Labute approximate surface area is 91.5 Å². The van der Waals surface area contributed by atoms with Crippen LogP contribution in [0, 0.1) is 0 Å². The number of aliphatic hydroxyl groups is 1. The monoisotopic (exact) mass is 211 g/mol. The predicted octanol–water partition coefficient (Wildman–Crippen LogP) is 1.34. The van der Waals surface area contributed by atoms with Crippen molar-refractivity contribution in [2.75, 3.05) is 13.1 Å². The number of carbonyl (C=O) groups is 1. The van der Waals surface area contributed by atoms with Gasteiger partial charge in [-0.2, -0.15) is 0 Å². The highest BCUT2D eigenvalue weighted by molar-refractivity contribution is 5.52. The van der Waals surface area contributed by atoms with Gasteiger partial charge in [-0.1, -0.05) is 19.3 Å². The van der Waals surface area contributed by atoms with Gasteiger partial charge in [0.25, 0.3) is 0 Å². The van der Waals surface area contributed by atoms with Crippen LogP contribution in [0.25, 0.3) is 0 Å². The topological polar surface area (TPSA) is 40.5 Å². The first-order chi connectivity index (χ1) is 7.23. The highest BCUT2D eigenvalue weighted by Gasteiger charge is 2.36. The Morgan fingerprint density at radius 2 is 1.93 bits per heavy atom. The molecule has 2 saturated carbocycles. The maximum atomic E-state index is 10.6. The minimum atomic E-state index is -0.510. The van der Waals surface area contributed by atoms with Crippen molar-refractivity contribution in [1.82, 2.24) is 4.90 Å². The summed E-state index contributed by atoms with van der Waals surface area (Å²) < 4.78 is 0. The summed E-state index contributed by atoms with van der Waals surface area (Å²) in [6.07, 6.45) is 8.70. The normalized spacial score (nSPS) is 25.5. The van der Waals surface area contributed by atoms with Crippen LogP contribution in [-0.4, -0.2) is 41.0 Å². The summed E-state index contributed by atoms with van der Waals surface area (Å²) in [5, 5.41) is 10.4. The molecule has 3 nitrogen and oxygen atoms in total. The number of aldehydes is 1. The summed E-state index contributed by atoms with van der Waals surface area (Å²) in [4.78, 5) is 12.7. The van der Waals surface area contributed by atoms with Crippen molar-refractivity contribution >= 4 is 6.29 Å². The van der Waals surface area contributed by atoms with Crippen molar-refractivity contribution in [1.29, 1.82) is 0 Å². The van der Waals surface area contributed by atoms with Gasteiger partial charge in [0, 0.05) is 12.6 Å². The molecule has 1 N–H and O–H groups in total. The van der Waals surface area contributed by atoms with Gasteiger partial charge in [-0.25, -0.2) is 0 Å². The molecule has 0 saturated heterocycles. The van der Waals surface area contributed by atoms with E-state index in [0.29, 0.717) is 19.1 Å². The zero-order chi connectivity index (χ0) is 10.7. The van der Waals surface area contributed by atoms with E-state index in [1.807, 2.05) is 0 Å². The van der Waals surface area contributed by atoms with Crippen molar-refractivity contribution in [3.8, 4) is 0 Å². The Morgan fingerprint density at radius 1 is 1.27 bits per heavy atom. The summed E-state index contributed by atoms with van der Waals surface area (Å²) in [5.74, 6) is 0. The van der Waals surface area contributed by atoms with E-state index in [1.54, 1.807) is 0 Å². The van der Waals surface area contributed by atoms with Gasteiger partial charge in [-0.3, -0.25) is 4.90 Å². The van der Waals surface area contributed by atoms with Gasteiger partial charge in [-0.05, 0) is 25.7 Å². The molecule has 0 unspecified atom stereocenters. The smallest absolute Gasteiger partial charge is 0.133 e. The van der Waals surface area contributed by atoms with Crippen LogP contribution in [0.5, 0.6) is 0 Å². The van der Waals surface area contributed by atoms with Gasteiger partial charge in [-0.15, -0.1) is 0 Å². The van der Waals surface area contributed by atoms with Crippen LogP contribution in [0.15, 0.2) is 0 Å². The first kappa shape index (κ1) is 11.1. The molecule has 0 spiro atoms. The number of hydrogen-bond acceptors (Lipinski definition) is 3. The highest BCUT2D eigenvalue weighted by Crippen LogP contribution is 2.33. The van der Waals surface area contributed by atoms with Gasteiger partial charge in [0.1, 0.15) is 6.29 Å². The summed E-state index contributed by atoms with van der Waals surface area (Å²) in [5.41, 5.74) is -0.510. The van der Waals surface area contributed by atoms with Gasteiger partial charge in [0.2, 0.25) is 0 Å². The lowest BCUT2D eigenvalue weighted by molar-refractivity contribution is -0.110. The van der Waals surface area contributed by atoms with Crippen molar-refractivity contribution < 1.29 is 9.90 Å². The van der Waals surface area contributed by atoms with Gasteiger partial charge in [0.05, 0.1) is 12.1 Å². The van der Waals surface area contributed by atoms with E-state index >= 15 is 0 Å². The number of carbonyl (C=O) groups excluding carboxylic acids is 1. The van der Waals surface area contributed by atoms with Gasteiger partial charge < -0.3 is 9.90 Å². The maximum Gasteiger partial charge on any atom is 0.133 e. The minimum Gasteiger partial charge on any atom is -0.389 e. The lowest BCUT2D eigenvalue weighted by atomic mass is 9.84. The van der Waals surface area contributed by atoms with E-state index in [4.69, 9.17) is 0 Å². The molecule has 0 aromatic carbocycles. The quantitative estimate of drug-likeness (QED) is 0.698. The van der Waals surface area contributed by atoms with Crippen LogP contribution in [0.4, 0.5) is 0 Å². The second-order valence-electron chi connectivity index (χ2n) is 5.11.